The van der Waals surface area contributed by atoms with Crippen molar-refractivity contribution in [1.29, 1.82) is 0 Å². The van der Waals surface area contributed by atoms with Crippen molar-refractivity contribution in [3.8, 4) is 5.75 Å². The largest absolute Gasteiger partial charge is 0.496 e. The zero-order valence-electron chi connectivity index (χ0n) is 10.5. The Morgan fingerprint density at radius 1 is 1.10 bits per heavy atom. The number of hydrogen-bond acceptors (Lipinski definition) is 2. The van der Waals surface area contributed by atoms with E-state index in [2.05, 4.69) is 31.9 Å². The first-order valence-corrected chi connectivity index (χ1v) is 7.26. The molecule has 20 heavy (non-hydrogen) atoms. The molecule has 0 aliphatic carbocycles. The minimum Gasteiger partial charge on any atom is -0.496 e. The fourth-order valence-electron chi connectivity index (χ4n) is 1.89. The van der Waals surface area contributed by atoms with Gasteiger partial charge in [-0.25, -0.2) is 8.78 Å². The first kappa shape index (κ1) is 15.4. The second kappa shape index (κ2) is 6.20. The lowest BCUT2D eigenvalue weighted by Crippen LogP contribution is -2.15. The Kier molecular flexibility index (Phi) is 4.78. The smallest absolute Gasteiger partial charge is 0.142 e. The third-order valence-corrected chi connectivity index (χ3v) is 4.14. The molecule has 0 fully saturated rings. The van der Waals surface area contributed by atoms with Crippen LogP contribution in [0.3, 0.4) is 0 Å². The third-order valence-electron chi connectivity index (χ3n) is 2.92. The molecule has 0 aliphatic heterocycles. The van der Waals surface area contributed by atoms with Gasteiger partial charge in [0.15, 0.2) is 0 Å². The molecule has 2 rings (SSSR count). The van der Waals surface area contributed by atoms with Crippen LogP contribution in [0.5, 0.6) is 5.75 Å². The summed E-state index contributed by atoms with van der Waals surface area (Å²) in [5.41, 5.74) is 6.90. The molecule has 0 amide bonds. The number of benzene rings is 2. The topological polar surface area (TPSA) is 35.2 Å². The van der Waals surface area contributed by atoms with E-state index < -0.39 is 17.7 Å². The van der Waals surface area contributed by atoms with E-state index in [0.717, 1.165) is 0 Å². The Morgan fingerprint density at radius 2 is 1.80 bits per heavy atom. The van der Waals surface area contributed by atoms with Gasteiger partial charge in [0.1, 0.15) is 17.4 Å². The van der Waals surface area contributed by atoms with Gasteiger partial charge in [-0.1, -0.05) is 12.1 Å². The fourth-order valence-corrected chi connectivity index (χ4v) is 2.63. The molecule has 0 heterocycles. The lowest BCUT2D eigenvalue weighted by Gasteiger charge is -2.18. The van der Waals surface area contributed by atoms with E-state index in [-0.39, 0.29) is 10.2 Å². The normalized spacial score (nSPS) is 12.3. The highest BCUT2D eigenvalue weighted by molar-refractivity contribution is 9.10. The van der Waals surface area contributed by atoms with Gasteiger partial charge >= 0.3 is 0 Å². The predicted octanol–water partition coefficient (Wildman–Crippen LogP) is 4.55. The van der Waals surface area contributed by atoms with E-state index in [1.54, 1.807) is 18.2 Å². The van der Waals surface area contributed by atoms with Crippen LogP contribution in [-0.2, 0) is 0 Å². The van der Waals surface area contributed by atoms with Crippen molar-refractivity contribution in [2.75, 3.05) is 7.11 Å². The van der Waals surface area contributed by atoms with Gasteiger partial charge in [-0.15, -0.1) is 0 Å². The zero-order chi connectivity index (χ0) is 14.9. The van der Waals surface area contributed by atoms with Crippen molar-refractivity contribution in [3.63, 3.8) is 0 Å². The summed E-state index contributed by atoms with van der Waals surface area (Å²) in [4.78, 5) is 0. The number of halogens is 4. The summed E-state index contributed by atoms with van der Waals surface area (Å²) in [6.45, 7) is 0. The van der Waals surface area contributed by atoms with Crippen molar-refractivity contribution < 1.29 is 13.5 Å². The van der Waals surface area contributed by atoms with E-state index in [0.29, 0.717) is 15.6 Å². The average molecular weight is 407 g/mol. The van der Waals surface area contributed by atoms with Gasteiger partial charge < -0.3 is 10.5 Å². The molecular weight excluding hydrogens is 396 g/mol. The highest BCUT2D eigenvalue weighted by atomic mass is 79.9. The monoisotopic (exact) mass is 405 g/mol. The first-order chi connectivity index (χ1) is 9.45. The maximum Gasteiger partial charge on any atom is 0.142 e. The third kappa shape index (κ3) is 2.87. The number of methoxy groups -OCH3 is 1. The number of nitrogens with two attached hydrogens (primary N) is 1. The number of ether oxygens (including phenoxy) is 1. The molecule has 6 heteroatoms. The lowest BCUT2D eigenvalue weighted by atomic mass is 9.98. The van der Waals surface area contributed by atoms with E-state index in [1.165, 1.54) is 19.2 Å². The second-order valence-electron chi connectivity index (χ2n) is 4.13. The molecule has 2 aromatic carbocycles. The van der Waals surface area contributed by atoms with Gasteiger partial charge in [0.2, 0.25) is 0 Å². The van der Waals surface area contributed by atoms with Crippen molar-refractivity contribution in [2.45, 2.75) is 6.04 Å². The Bertz CT molecular complexity index is 649. The fraction of sp³-hybridized carbons (Fsp3) is 0.143. The molecule has 0 bridgehead atoms. The summed E-state index contributed by atoms with van der Waals surface area (Å²) in [6.07, 6.45) is 0. The molecule has 0 radical (unpaired) electrons. The van der Waals surface area contributed by atoms with Crippen LogP contribution in [0.25, 0.3) is 0 Å². The molecule has 0 spiro atoms. The zero-order valence-corrected chi connectivity index (χ0v) is 13.6. The average Bonchev–Trinajstić information content (AvgIpc) is 2.43. The van der Waals surface area contributed by atoms with Crippen LogP contribution in [0.15, 0.2) is 39.3 Å². The Hall–Kier alpha value is -0.980. The quantitative estimate of drug-likeness (QED) is 0.811. The van der Waals surface area contributed by atoms with Crippen molar-refractivity contribution >= 4 is 31.9 Å². The molecule has 106 valence electrons. The summed E-state index contributed by atoms with van der Waals surface area (Å²) in [5, 5.41) is 0. The highest BCUT2D eigenvalue weighted by Gasteiger charge is 2.20. The van der Waals surface area contributed by atoms with Gasteiger partial charge in [-0.2, -0.15) is 0 Å². The molecule has 1 unspecified atom stereocenters. The van der Waals surface area contributed by atoms with Gasteiger partial charge in [-0.05, 0) is 44.0 Å². The molecule has 2 N–H and O–H groups in total. The minimum atomic E-state index is -0.764. The molecule has 0 saturated heterocycles. The van der Waals surface area contributed by atoms with E-state index in [4.69, 9.17) is 10.5 Å². The van der Waals surface area contributed by atoms with Gasteiger partial charge in [0.05, 0.1) is 22.1 Å². The highest BCUT2D eigenvalue weighted by Crippen LogP contribution is 2.34. The van der Waals surface area contributed by atoms with Crippen molar-refractivity contribution in [1.82, 2.24) is 0 Å². The molecule has 1 atom stereocenters. The summed E-state index contributed by atoms with van der Waals surface area (Å²) in [5.74, 6) is -0.632. The molecular formula is C14H11Br2F2NO. The van der Waals surface area contributed by atoms with Gasteiger partial charge in [0.25, 0.3) is 0 Å². The van der Waals surface area contributed by atoms with Crippen LogP contribution >= 0.6 is 31.9 Å². The summed E-state index contributed by atoms with van der Waals surface area (Å²) < 4.78 is 33.3. The first-order valence-electron chi connectivity index (χ1n) is 5.68. The van der Waals surface area contributed by atoms with Gasteiger partial charge in [0, 0.05) is 17.2 Å². The molecule has 0 aliphatic rings. The van der Waals surface area contributed by atoms with E-state index in [9.17, 15) is 8.78 Å². The van der Waals surface area contributed by atoms with Crippen LogP contribution in [-0.4, -0.2) is 7.11 Å². The molecule has 0 saturated carbocycles. The van der Waals surface area contributed by atoms with Crippen LogP contribution < -0.4 is 10.5 Å². The molecule has 2 nitrogen and oxygen atoms in total. The van der Waals surface area contributed by atoms with Crippen molar-refractivity contribution in [3.05, 3.63) is 62.0 Å². The maximum absolute atomic E-state index is 14.1. The molecule has 0 aromatic heterocycles. The van der Waals surface area contributed by atoms with E-state index in [1.807, 2.05) is 0 Å². The summed E-state index contributed by atoms with van der Waals surface area (Å²) in [6, 6.07) is 6.81. The molecule has 2 aromatic rings. The Balaban J connectivity index is 2.55. The van der Waals surface area contributed by atoms with Gasteiger partial charge in [-0.3, -0.25) is 0 Å². The Labute approximate surface area is 132 Å². The predicted molar refractivity (Wildman–Crippen MR) is 80.8 cm³/mol. The van der Waals surface area contributed by atoms with Crippen LogP contribution in [0, 0.1) is 11.6 Å². The van der Waals surface area contributed by atoms with Crippen molar-refractivity contribution in [2.24, 2.45) is 5.73 Å². The van der Waals surface area contributed by atoms with Crippen LogP contribution in [0.1, 0.15) is 17.2 Å². The summed E-state index contributed by atoms with van der Waals surface area (Å²) >= 11 is 6.21. The number of rotatable bonds is 3. The SMILES string of the molecule is COc1cc(F)c(Br)cc1C(N)c1cccc(Br)c1F. The van der Waals surface area contributed by atoms with E-state index >= 15 is 0 Å². The Morgan fingerprint density at radius 3 is 2.45 bits per heavy atom. The van der Waals surface area contributed by atoms with Crippen LogP contribution in [0.4, 0.5) is 8.78 Å². The lowest BCUT2D eigenvalue weighted by molar-refractivity contribution is 0.403. The van der Waals surface area contributed by atoms with Crippen LogP contribution in [0.2, 0.25) is 0 Å². The summed E-state index contributed by atoms with van der Waals surface area (Å²) in [7, 11) is 1.41. The minimum absolute atomic E-state index is 0.249. The maximum atomic E-state index is 14.1. The second-order valence-corrected chi connectivity index (χ2v) is 5.84. The standard InChI is InChI=1S/C14H11Br2F2NO/c1-20-12-6-11(17)10(16)5-8(12)14(19)7-3-2-4-9(15)13(7)18/h2-6,14H,19H2,1H3. The number of hydrogen-bond donors (Lipinski definition) is 1.